The normalized spacial score (nSPS) is 18.7. The van der Waals surface area contributed by atoms with Crippen molar-refractivity contribution < 1.29 is 4.79 Å². The van der Waals surface area contributed by atoms with Crippen molar-refractivity contribution in [1.29, 1.82) is 0 Å². The number of carbonyl (C=O) groups excluding carboxylic acids is 1. The van der Waals surface area contributed by atoms with Crippen LogP contribution in [-0.4, -0.2) is 34.1 Å². The smallest absolute Gasteiger partial charge is 0.226 e. The molecule has 0 aromatic rings. The van der Waals surface area contributed by atoms with E-state index in [1.165, 1.54) is 0 Å². The molecule has 0 aliphatic heterocycles. The number of halogens is 2. The standard InChI is InChI=1S/C11H19Cl2NO/c1-8(13)6-14(11(2,3)7-12)10(15)9-4-5-9/h8-9H,4-7H2,1-3H3. The summed E-state index contributed by atoms with van der Waals surface area (Å²) in [6.07, 6.45) is 2.04. The second-order valence-electron chi connectivity index (χ2n) is 4.95. The lowest BCUT2D eigenvalue weighted by atomic mass is 10.0. The van der Waals surface area contributed by atoms with Crippen molar-refractivity contribution in [2.24, 2.45) is 5.92 Å². The maximum Gasteiger partial charge on any atom is 0.226 e. The Labute approximate surface area is 102 Å². The number of carbonyl (C=O) groups is 1. The van der Waals surface area contributed by atoms with Crippen LogP contribution < -0.4 is 0 Å². The maximum atomic E-state index is 12.1. The summed E-state index contributed by atoms with van der Waals surface area (Å²) in [7, 11) is 0. The Kier molecular flexibility index (Phi) is 4.30. The molecule has 1 unspecified atom stereocenters. The lowest BCUT2D eigenvalue weighted by Gasteiger charge is -2.38. The van der Waals surface area contributed by atoms with Gasteiger partial charge in [0.05, 0.1) is 5.54 Å². The van der Waals surface area contributed by atoms with Crippen LogP contribution in [0.4, 0.5) is 0 Å². The zero-order valence-corrected chi connectivity index (χ0v) is 11.1. The van der Waals surface area contributed by atoms with Gasteiger partial charge in [0.2, 0.25) is 5.91 Å². The molecule has 0 radical (unpaired) electrons. The van der Waals surface area contributed by atoms with E-state index in [-0.39, 0.29) is 22.7 Å². The molecule has 15 heavy (non-hydrogen) atoms. The van der Waals surface area contributed by atoms with Crippen molar-refractivity contribution in [3.05, 3.63) is 0 Å². The van der Waals surface area contributed by atoms with Crippen molar-refractivity contribution in [1.82, 2.24) is 4.90 Å². The van der Waals surface area contributed by atoms with E-state index in [1.807, 2.05) is 25.7 Å². The van der Waals surface area contributed by atoms with E-state index >= 15 is 0 Å². The summed E-state index contributed by atoms with van der Waals surface area (Å²) in [6.45, 7) is 6.45. The van der Waals surface area contributed by atoms with Crippen LogP contribution >= 0.6 is 23.2 Å². The molecule has 0 bridgehead atoms. The number of alkyl halides is 2. The second kappa shape index (κ2) is 4.92. The fraction of sp³-hybridized carbons (Fsp3) is 0.909. The first-order chi connectivity index (χ1) is 6.88. The third-order valence-corrected chi connectivity index (χ3v) is 3.48. The summed E-state index contributed by atoms with van der Waals surface area (Å²) in [4.78, 5) is 13.9. The molecule has 1 atom stereocenters. The van der Waals surface area contributed by atoms with Crippen LogP contribution in [0, 0.1) is 5.92 Å². The van der Waals surface area contributed by atoms with Gasteiger partial charge in [0.25, 0.3) is 0 Å². The summed E-state index contributed by atoms with van der Waals surface area (Å²) in [5.41, 5.74) is -0.301. The summed E-state index contributed by atoms with van der Waals surface area (Å²) in [5, 5.41) is -0.0322. The molecule has 0 N–H and O–H groups in total. The summed E-state index contributed by atoms with van der Waals surface area (Å²) in [5.74, 6) is 0.880. The molecular weight excluding hydrogens is 233 g/mol. The summed E-state index contributed by atoms with van der Waals surface area (Å²) in [6, 6.07) is 0. The molecule has 1 fully saturated rings. The maximum absolute atomic E-state index is 12.1. The summed E-state index contributed by atoms with van der Waals surface area (Å²) >= 11 is 11.9. The van der Waals surface area contributed by atoms with Gasteiger partial charge < -0.3 is 4.90 Å². The molecule has 0 aromatic heterocycles. The van der Waals surface area contributed by atoms with Gasteiger partial charge in [-0.3, -0.25) is 4.79 Å². The molecule has 1 aliphatic carbocycles. The predicted molar refractivity (Wildman–Crippen MR) is 64.6 cm³/mol. The molecule has 1 aliphatic rings. The lowest BCUT2D eigenvalue weighted by Crippen LogP contribution is -2.51. The van der Waals surface area contributed by atoms with Crippen LogP contribution in [0.2, 0.25) is 0 Å². The van der Waals surface area contributed by atoms with Crippen molar-refractivity contribution in [2.75, 3.05) is 12.4 Å². The highest BCUT2D eigenvalue weighted by molar-refractivity contribution is 6.20. The molecule has 1 amide bonds. The number of amides is 1. The van der Waals surface area contributed by atoms with E-state index in [0.29, 0.717) is 12.4 Å². The van der Waals surface area contributed by atoms with Crippen LogP contribution in [0.15, 0.2) is 0 Å². The summed E-state index contributed by atoms with van der Waals surface area (Å²) < 4.78 is 0. The van der Waals surface area contributed by atoms with E-state index in [0.717, 1.165) is 12.8 Å². The quantitative estimate of drug-likeness (QED) is 0.689. The minimum atomic E-state index is -0.301. The van der Waals surface area contributed by atoms with Crippen molar-refractivity contribution >= 4 is 29.1 Å². The van der Waals surface area contributed by atoms with Gasteiger partial charge in [-0.1, -0.05) is 0 Å². The van der Waals surface area contributed by atoms with Crippen molar-refractivity contribution in [3.8, 4) is 0 Å². The molecule has 0 aromatic carbocycles. The van der Waals surface area contributed by atoms with Gasteiger partial charge in [-0.2, -0.15) is 0 Å². The topological polar surface area (TPSA) is 20.3 Å². The highest BCUT2D eigenvalue weighted by atomic mass is 35.5. The van der Waals surface area contributed by atoms with Crippen LogP contribution in [0.3, 0.4) is 0 Å². The van der Waals surface area contributed by atoms with E-state index in [1.54, 1.807) is 0 Å². The minimum absolute atomic E-state index is 0.0322. The zero-order valence-electron chi connectivity index (χ0n) is 9.59. The van der Waals surface area contributed by atoms with Gasteiger partial charge in [0.15, 0.2) is 0 Å². The Morgan fingerprint density at radius 2 is 2.07 bits per heavy atom. The predicted octanol–water partition coefficient (Wildman–Crippen LogP) is 2.87. The Bertz CT molecular complexity index is 237. The highest BCUT2D eigenvalue weighted by Crippen LogP contribution is 2.33. The first-order valence-electron chi connectivity index (χ1n) is 5.40. The van der Waals surface area contributed by atoms with Gasteiger partial charge in [-0.15, -0.1) is 23.2 Å². The molecule has 2 nitrogen and oxygen atoms in total. The molecule has 0 spiro atoms. The van der Waals surface area contributed by atoms with Crippen molar-refractivity contribution in [3.63, 3.8) is 0 Å². The monoisotopic (exact) mass is 251 g/mol. The average molecular weight is 252 g/mol. The first-order valence-corrected chi connectivity index (χ1v) is 6.37. The average Bonchev–Trinajstić information content (AvgIpc) is 2.95. The molecule has 1 saturated carbocycles. The van der Waals surface area contributed by atoms with Gasteiger partial charge in [-0.05, 0) is 33.6 Å². The SMILES string of the molecule is CC(Cl)CN(C(=O)C1CC1)C(C)(C)CCl. The third kappa shape index (κ3) is 3.53. The van der Waals surface area contributed by atoms with Crippen LogP contribution in [0.5, 0.6) is 0 Å². The van der Waals surface area contributed by atoms with Gasteiger partial charge in [0, 0.05) is 23.7 Å². The number of hydrogen-bond donors (Lipinski definition) is 0. The van der Waals surface area contributed by atoms with Gasteiger partial charge >= 0.3 is 0 Å². The Morgan fingerprint density at radius 1 is 1.53 bits per heavy atom. The van der Waals surface area contributed by atoms with Gasteiger partial charge in [-0.25, -0.2) is 0 Å². The lowest BCUT2D eigenvalue weighted by molar-refractivity contribution is -0.137. The van der Waals surface area contributed by atoms with Crippen LogP contribution in [0.1, 0.15) is 33.6 Å². The molecule has 88 valence electrons. The van der Waals surface area contributed by atoms with Crippen LogP contribution in [0.25, 0.3) is 0 Å². The third-order valence-electron chi connectivity index (χ3n) is 2.68. The first kappa shape index (κ1) is 13.1. The molecule has 4 heteroatoms. The van der Waals surface area contributed by atoms with E-state index in [4.69, 9.17) is 23.2 Å². The molecule has 0 saturated heterocycles. The van der Waals surface area contributed by atoms with Gasteiger partial charge in [0.1, 0.15) is 0 Å². The Morgan fingerprint density at radius 3 is 2.40 bits per heavy atom. The van der Waals surface area contributed by atoms with E-state index in [9.17, 15) is 4.79 Å². The van der Waals surface area contributed by atoms with Crippen molar-refractivity contribution in [2.45, 2.75) is 44.5 Å². The molecule has 0 heterocycles. The Balaban J connectivity index is 2.71. The molecule has 1 rings (SSSR count). The number of hydrogen-bond acceptors (Lipinski definition) is 1. The molecular formula is C11H19Cl2NO. The largest absolute Gasteiger partial charge is 0.335 e. The fourth-order valence-electron chi connectivity index (χ4n) is 1.51. The zero-order chi connectivity index (χ0) is 11.6. The Hall–Kier alpha value is 0.0500. The van der Waals surface area contributed by atoms with E-state index < -0.39 is 0 Å². The minimum Gasteiger partial charge on any atom is -0.335 e. The van der Waals surface area contributed by atoms with E-state index in [2.05, 4.69) is 0 Å². The second-order valence-corrected chi connectivity index (χ2v) is 5.96. The number of nitrogens with zero attached hydrogens (tertiary/aromatic N) is 1. The van der Waals surface area contributed by atoms with Crippen LogP contribution in [-0.2, 0) is 4.79 Å². The fourth-order valence-corrected chi connectivity index (χ4v) is 1.79. The highest BCUT2D eigenvalue weighted by Gasteiger charge is 2.39. The number of rotatable bonds is 5.